The van der Waals surface area contributed by atoms with Gasteiger partial charge in [0.05, 0.1) is 30.3 Å². The average molecular weight is 649 g/mol. The molecule has 248 valence electrons. The zero-order valence-corrected chi connectivity index (χ0v) is 26.6. The summed E-state index contributed by atoms with van der Waals surface area (Å²) in [4.78, 5) is 30.2. The van der Waals surface area contributed by atoms with Gasteiger partial charge in [0.15, 0.2) is 0 Å². The van der Waals surface area contributed by atoms with Crippen LogP contribution < -0.4 is 15.4 Å². The van der Waals surface area contributed by atoms with Crippen LogP contribution in [0.3, 0.4) is 0 Å². The van der Waals surface area contributed by atoms with Gasteiger partial charge in [0, 0.05) is 42.2 Å². The third-order valence-electron chi connectivity index (χ3n) is 8.44. The fourth-order valence-corrected chi connectivity index (χ4v) is 5.83. The van der Waals surface area contributed by atoms with Crippen molar-refractivity contribution < 1.29 is 32.6 Å². The van der Waals surface area contributed by atoms with Crippen LogP contribution in [0.15, 0.2) is 84.9 Å². The molecule has 4 aromatic carbocycles. The van der Waals surface area contributed by atoms with E-state index in [-0.39, 0.29) is 24.9 Å². The van der Waals surface area contributed by atoms with Crippen LogP contribution in [0.2, 0.25) is 0 Å². The summed E-state index contributed by atoms with van der Waals surface area (Å²) in [5.41, 5.74) is 1.74. The van der Waals surface area contributed by atoms with Gasteiger partial charge in [0.2, 0.25) is 5.91 Å². The summed E-state index contributed by atoms with van der Waals surface area (Å²) in [5.74, 6) is 0.161. The second kappa shape index (κ2) is 14.4. The topological polar surface area (TPSA) is 94.1 Å². The lowest BCUT2D eigenvalue weighted by Crippen LogP contribution is -2.47. The molecule has 0 aromatic heterocycles. The zero-order chi connectivity index (χ0) is 33.7. The molecule has 0 saturated heterocycles. The summed E-state index contributed by atoms with van der Waals surface area (Å²) in [6, 6.07) is 22.8. The molecule has 47 heavy (non-hydrogen) atoms. The lowest BCUT2D eigenvalue weighted by Gasteiger charge is -2.34. The van der Waals surface area contributed by atoms with Crippen molar-refractivity contribution in [3.63, 3.8) is 0 Å². The number of carbonyl (C=O) groups is 2. The van der Waals surface area contributed by atoms with Crippen LogP contribution in [0.5, 0.6) is 5.75 Å². The summed E-state index contributed by atoms with van der Waals surface area (Å²) < 4.78 is 45.7. The number of fused-ring (bicyclic) bond motifs is 2. The number of rotatable bonds is 8. The van der Waals surface area contributed by atoms with E-state index in [9.17, 15) is 27.9 Å². The SMILES string of the molecule is C[C@@H]1CN([C@@H](C)CO)C(=O)Cc2cc(NC(=O)Nc3cccc4ccccc34)ccc2O[C@H]1CN(C)Cc1ccc(C(F)(F)F)cc1. The molecule has 1 aliphatic heterocycles. The van der Waals surface area contributed by atoms with Gasteiger partial charge in [-0.05, 0) is 61.3 Å². The number of hydrogen-bond acceptors (Lipinski definition) is 5. The van der Waals surface area contributed by atoms with E-state index < -0.39 is 29.9 Å². The first kappa shape index (κ1) is 33.7. The highest BCUT2D eigenvalue weighted by atomic mass is 19.4. The van der Waals surface area contributed by atoms with Gasteiger partial charge in [-0.3, -0.25) is 9.69 Å². The quantitative estimate of drug-likeness (QED) is 0.196. The Labute approximate surface area is 272 Å². The van der Waals surface area contributed by atoms with Gasteiger partial charge >= 0.3 is 12.2 Å². The lowest BCUT2D eigenvalue weighted by atomic mass is 10.0. The third-order valence-corrected chi connectivity index (χ3v) is 8.44. The number of benzene rings is 4. The Morgan fingerprint density at radius 1 is 1.04 bits per heavy atom. The molecule has 8 nitrogen and oxygen atoms in total. The molecule has 11 heteroatoms. The van der Waals surface area contributed by atoms with Gasteiger partial charge in [-0.25, -0.2) is 4.79 Å². The molecule has 0 spiro atoms. The normalized spacial score (nSPS) is 17.7. The van der Waals surface area contributed by atoms with E-state index in [0.717, 1.165) is 28.5 Å². The number of halogens is 3. The number of aliphatic hydroxyl groups is 1. The van der Waals surface area contributed by atoms with Gasteiger partial charge in [0.1, 0.15) is 11.9 Å². The summed E-state index contributed by atoms with van der Waals surface area (Å²) in [6.07, 6.45) is -4.80. The van der Waals surface area contributed by atoms with Gasteiger partial charge in [-0.1, -0.05) is 55.5 Å². The van der Waals surface area contributed by atoms with E-state index in [1.54, 1.807) is 30.0 Å². The van der Waals surface area contributed by atoms with Gasteiger partial charge in [-0.2, -0.15) is 13.2 Å². The Bertz CT molecular complexity index is 1710. The van der Waals surface area contributed by atoms with E-state index in [0.29, 0.717) is 42.3 Å². The Morgan fingerprint density at radius 3 is 2.49 bits per heavy atom. The maximum absolute atomic E-state index is 13.6. The summed E-state index contributed by atoms with van der Waals surface area (Å²) in [6.45, 7) is 4.70. The zero-order valence-electron chi connectivity index (χ0n) is 26.6. The number of carbonyl (C=O) groups excluding carboxylic acids is 2. The minimum absolute atomic E-state index is 0.000961. The van der Waals surface area contributed by atoms with Crippen LogP contribution in [0, 0.1) is 5.92 Å². The van der Waals surface area contributed by atoms with Crippen molar-refractivity contribution in [1.29, 1.82) is 0 Å². The number of anilines is 2. The molecule has 3 amide bonds. The van der Waals surface area contributed by atoms with Crippen molar-refractivity contribution in [1.82, 2.24) is 9.80 Å². The fraction of sp³-hybridized carbons (Fsp3) is 0.333. The maximum Gasteiger partial charge on any atom is 0.416 e. The number of nitrogens with one attached hydrogen (secondary N) is 2. The molecule has 0 saturated carbocycles. The maximum atomic E-state index is 13.6. The van der Waals surface area contributed by atoms with Crippen LogP contribution in [-0.4, -0.2) is 65.7 Å². The van der Waals surface area contributed by atoms with Crippen LogP contribution in [-0.2, 0) is 23.9 Å². The smallest absolute Gasteiger partial charge is 0.416 e. The molecule has 0 aliphatic carbocycles. The molecule has 0 fully saturated rings. The molecule has 4 aromatic rings. The fourth-order valence-electron chi connectivity index (χ4n) is 5.83. The molecule has 1 aliphatic rings. The number of hydrogen-bond donors (Lipinski definition) is 3. The van der Waals surface area contributed by atoms with E-state index >= 15 is 0 Å². The number of amides is 3. The molecule has 3 atom stereocenters. The third kappa shape index (κ3) is 8.41. The van der Waals surface area contributed by atoms with Crippen LogP contribution in [0.25, 0.3) is 10.8 Å². The van der Waals surface area contributed by atoms with Crippen molar-refractivity contribution in [2.45, 2.75) is 45.1 Å². The summed E-state index contributed by atoms with van der Waals surface area (Å²) >= 11 is 0. The van der Waals surface area contributed by atoms with E-state index in [1.807, 2.05) is 61.3 Å². The molecule has 5 rings (SSSR count). The first-order valence-corrected chi connectivity index (χ1v) is 15.5. The van der Waals surface area contributed by atoms with Crippen LogP contribution in [0.1, 0.15) is 30.5 Å². The van der Waals surface area contributed by atoms with Gasteiger partial charge in [0.25, 0.3) is 0 Å². The predicted octanol–water partition coefficient (Wildman–Crippen LogP) is 6.78. The Kier molecular flexibility index (Phi) is 10.4. The van der Waals surface area contributed by atoms with Crippen LogP contribution >= 0.6 is 0 Å². The van der Waals surface area contributed by atoms with Crippen molar-refractivity contribution in [2.75, 3.05) is 37.4 Å². The Hall–Kier alpha value is -4.61. The molecule has 3 N–H and O–H groups in total. The largest absolute Gasteiger partial charge is 0.488 e. The monoisotopic (exact) mass is 648 g/mol. The molecule has 0 bridgehead atoms. The molecular weight excluding hydrogens is 609 g/mol. The van der Waals surface area contributed by atoms with E-state index in [1.165, 1.54) is 12.1 Å². The average Bonchev–Trinajstić information content (AvgIpc) is 3.08. The van der Waals surface area contributed by atoms with Crippen molar-refractivity contribution in [3.05, 3.63) is 102 Å². The van der Waals surface area contributed by atoms with Crippen molar-refractivity contribution >= 4 is 34.1 Å². The first-order chi connectivity index (χ1) is 22.4. The predicted molar refractivity (Wildman–Crippen MR) is 176 cm³/mol. The highest BCUT2D eigenvalue weighted by Gasteiger charge is 2.32. The number of ether oxygens (including phenoxy) is 1. The Morgan fingerprint density at radius 2 is 1.77 bits per heavy atom. The van der Waals surface area contributed by atoms with Crippen molar-refractivity contribution in [2.24, 2.45) is 5.92 Å². The van der Waals surface area contributed by atoms with Gasteiger partial charge in [-0.15, -0.1) is 0 Å². The van der Waals surface area contributed by atoms with E-state index in [4.69, 9.17) is 4.74 Å². The second-order valence-electron chi connectivity index (χ2n) is 12.2. The summed E-state index contributed by atoms with van der Waals surface area (Å²) in [5, 5.41) is 17.6. The minimum Gasteiger partial charge on any atom is -0.488 e. The number of aliphatic hydroxyl groups excluding tert-OH is 1. The lowest BCUT2D eigenvalue weighted by molar-refractivity contribution is -0.137. The number of alkyl halides is 3. The molecule has 0 unspecified atom stereocenters. The number of nitrogens with zero attached hydrogens (tertiary/aromatic N) is 2. The highest BCUT2D eigenvalue weighted by Crippen LogP contribution is 2.31. The van der Waals surface area contributed by atoms with E-state index in [2.05, 4.69) is 10.6 Å². The molecular formula is C36H39F3N4O4. The minimum atomic E-state index is -4.40. The number of urea groups is 1. The Balaban J connectivity index is 1.35. The molecule has 1 heterocycles. The first-order valence-electron chi connectivity index (χ1n) is 15.5. The van der Waals surface area contributed by atoms with Gasteiger partial charge < -0.3 is 25.4 Å². The summed E-state index contributed by atoms with van der Waals surface area (Å²) in [7, 11) is 1.86. The van der Waals surface area contributed by atoms with Crippen molar-refractivity contribution in [3.8, 4) is 5.75 Å². The van der Waals surface area contributed by atoms with Crippen LogP contribution in [0.4, 0.5) is 29.3 Å². The standard InChI is InChI=1S/C36H39F3N4O4/c1-23-19-43(24(2)22-44)34(45)18-27-17-29(40-35(46)41-31-10-6-8-26-7-4-5-9-30(26)31)15-16-32(27)47-33(23)21-42(3)20-25-11-13-28(14-12-25)36(37,38)39/h4-17,23-24,33,44H,18-22H2,1-3H3,(H2,40,41,46)/t23-,24+,33+/m1/s1. The highest BCUT2D eigenvalue weighted by molar-refractivity contribution is 6.06. The molecule has 0 radical (unpaired) electrons. The second-order valence-corrected chi connectivity index (χ2v) is 12.2. The number of likely N-dealkylation sites (N-methyl/N-ethyl adjacent to an activating group) is 1.